The second kappa shape index (κ2) is 5.00. The van der Waals surface area contributed by atoms with Crippen molar-refractivity contribution in [3.63, 3.8) is 0 Å². The molecule has 0 amide bonds. The number of nitrogens with two attached hydrogens (primary N) is 1. The molecule has 2 N–H and O–H groups in total. The Kier molecular flexibility index (Phi) is 3.59. The van der Waals surface area contributed by atoms with Crippen molar-refractivity contribution in [3.05, 3.63) is 59.1 Å². The fourth-order valence-corrected chi connectivity index (χ4v) is 3.21. The predicted octanol–water partition coefficient (Wildman–Crippen LogP) is 2.90. The van der Waals surface area contributed by atoms with Crippen LogP contribution in [0, 0.1) is 0 Å². The molecule has 0 spiro atoms. The molecule has 0 unspecified atom stereocenters. The average molecular weight is 282 g/mol. The van der Waals surface area contributed by atoms with Crippen LogP contribution in [0.3, 0.4) is 0 Å². The van der Waals surface area contributed by atoms with Crippen LogP contribution in [0.5, 0.6) is 0 Å². The maximum atomic E-state index is 12.2. The third-order valence-electron chi connectivity index (χ3n) is 2.55. The molecule has 2 aromatic carbocycles. The van der Waals surface area contributed by atoms with Crippen molar-refractivity contribution < 1.29 is 8.42 Å². The van der Waals surface area contributed by atoms with Gasteiger partial charge >= 0.3 is 0 Å². The van der Waals surface area contributed by atoms with Crippen molar-refractivity contribution in [1.82, 2.24) is 0 Å². The van der Waals surface area contributed by atoms with Gasteiger partial charge in [0.1, 0.15) is 0 Å². The van der Waals surface area contributed by atoms with Crippen molar-refractivity contribution in [2.24, 2.45) is 0 Å². The smallest absolute Gasteiger partial charge is 0.182 e. The maximum Gasteiger partial charge on any atom is 0.182 e. The van der Waals surface area contributed by atoms with Crippen LogP contribution in [0.2, 0.25) is 5.02 Å². The van der Waals surface area contributed by atoms with E-state index in [-0.39, 0.29) is 10.6 Å². The molecular weight excluding hydrogens is 270 g/mol. The molecule has 18 heavy (non-hydrogen) atoms. The largest absolute Gasteiger partial charge is 0.398 e. The van der Waals surface area contributed by atoms with E-state index in [4.69, 9.17) is 17.3 Å². The summed E-state index contributed by atoms with van der Waals surface area (Å²) in [4.78, 5) is 0.282. The van der Waals surface area contributed by atoms with Gasteiger partial charge in [-0.2, -0.15) is 0 Å². The Bertz CT molecular complexity index is 654. The van der Waals surface area contributed by atoms with E-state index in [2.05, 4.69) is 0 Å². The molecule has 0 saturated carbocycles. The first-order valence-electron chi connectivity index (χ1n) is 5.31. The van der Waals surface area contributed by atoms with Gasteiger partial charge in [-0.15, -0.1) is 0 Å². The molecule has 0 aliphatic heterocycles. The molecule has 0 heterocycles. The normalized spacial score (nSPS) is 11.4. The summed E-state index contributed by atoms with van der Waals surface area (Å²) in [6.07, 6.45) is 0. The van der Waals surface area contributed by atoms with Gasteiger partial charge in [-0.05, 0) is 35.9 Å². The first kappa shape index (κ1) is 12.9. The lowest BCUT2D eigenvalue weighted by molar-refractivity contribution is 0.595. The van der Waals surface area contributed by atoms with Gasteiger partial charge in [0, 0.05) is 10.7 Å². The van der Waals surface area contributed by atoms with Gasteiger partial charge in [0.25, 0.3) is 0 Å². The van der Waals surface area contributed by atoms with E-state index in [0.29, 0.717) is 16.3 Å². The first-order chi connectivity index (χ1) is 8.49. The number of benzene rings is 2. The molecular formula is C13H12ClNO2S. The van der Waals surface area contributed by atoms with Crippen LogP contribution in [0.25, 0.3) is 0 Å². The highest BCUT2D eigenvalue weighted by Gasteiger charge is 2.16. The molecule has 0 fully saturated rings. The number of anilines is 1. The van der Waals surface area contributed by atoms with Crippen molar-refractivity contribution in [3.8, 4) is 0 Å². The summed E-state index contributed by atoms with van der Waals surface area (Å²) in [5.41, 5.74) is 6.70. The number of sulfone groups is 1. The maximum absolute atomic E-state index is 12.2. The standard InChI is InChI=1S/C13H12ClNO2S/c14-11-6-7-13(15)10(8-11)9-18(16,17)12-4-2-1-3-5-12/h1-8H,9,15H2. The van der Waals surface area contributed by atoms with Gasteiger partial charge in [-0.1, -0.05) is 29.8 Å². The first-order valence-corrected chi connectivity index (χ1v) is 7.34. The summed E-state index contributed by atoms with van der Waals surface area (Å²) in [6, 6.07) is 13.1. The number of nitrogen functional groups attached to an aromatic ring is 1. The molecule has 0 aromatic heterocycles. The third-order valence-corrected chi connectivity index (χ3v) is 4.47. The Balaban J connectivity index is 2.37. The lowest BCUT2D eigenvalue weighted by Gasteiger charge is -2.07. The molecule has 5 heteroatoms. The van der Waals surface area contributed by atoms with Gasteiger partial charge in [0.2, 0.25) is 0 Å². The van der Waals surface area contributed by atoms with E-state index in [9.17, 15) is 8.42 Å². The highest BCUT2D eigenvalue weighted by atomic mass is 35.5. The van der Waals surface area contributed by atoms with Gasteiger partial charge in [-0.3, -0.25) is 0 Å². The summed E-state index contributed by atoms with van der Waals surface area (Å²) in [7, 11) is -3.39. The summed E-state index contributed by atoms with van der Waals surface area (Å²) < 4.78 is 24.3. The minimum Gasteiger partial charge on any atom is -0.398 e. The topological polar surface area (TPSA) is 60.2 Å². The van der Waals surface area contributed by atoms with Crippen LogP contribution in [-0.2, 0) is 15.6 Å². The number of halogens is 1. The number of hydrogen-bond donors (Lipinski definition) is 1. The van der Waals surface area contributed by atoms with Crippen molar-refractivity contribution in [1.29, 1.82) is 0 Å². The van der Waals surface area contributed by atoms with E-state index in [1.54, 1.807) is 48.5 Å². The molecule has 0 saturated heterocycles. The van der Waals surface area contributed by atoms with Crippen LogP contribution in [0.1, 0.15) is 5.56 Å². The molecule has 0 bridgehead atoms. The Labute approximate surface area is 111 Å². The average Bonchev–Trinajstić information content (AvgIpc) is 2.35. The van der Waals surface area contributed by atoms with E-state index in [0.717, 1.165) is 0 Å². The van der Waals surface area contributed by atoms with Crippen LogP contribution in [-0.4, -0.2) is 8.42 Å². The van der Waals surface area contributed by atoms with Gasteiger partial charge < -0.3 is 5.73 Å². The molecule has 94 valence electrons. The van der Waals surface area contributed by atoms with E-state index < -0.39 is 9.84 Å². The van der Waals surface area contributed by atoms with Crippen LogP contribution >= 0.6 is 11.6 Å². The third kappa shape index (κ3) is 2.83. The van der Waals surface area contributed by atoms with Crippen LogP contribution in [0.4, 0.5) is 5.69 Å². The van der Waals surface area contributed by atoms with Crippen molar-refractivity contribution in [2.45, 2.75) is 10.6 Å². The van der Waals surface area contributed by atoms with Crippen molar-refractivity contribution >= 4 is 27.1 Å². The summed E-state index contributed by atoms with van der Waals surface area (Å²) in [5.74, 6) is -0.149. The monoisotopic (exact) mass is 281 g/mol. The lowest BCUT2D eigenvalue weighted by Crippen LogP contribution is -2.06. The summed E-state index contributed by atoms with van der Waals surface area (Å²) >= 11 is 5.84. The summed E-state index contributed by atoms with van der Waals surface area (Å²) in [5, 5.41) is 0.475. The highest BCUT2D eigenvalue weighted by Crippen LogP contribution is 2.23. The second-order valence-corrected chi connectivity index (χ2v) is 6.34. The summed E-state index contributed by atoms with van der Waals surface area (Å²) in [6.45, 7) is 0. The molecule has 3 nitrogen and oxygen atoms in total. The van der Waals surface area contributed by atoms with Gasteiger partial charge in [0.15, 0.2) is 9.84 Å². The zero-order chi connectivity index (χ0) is 13.2. The highest BCUT2D eigenvalue weighted by molar-refractivity contribution is 7.90. The Morgan fingerprint density at radius 1 is 1.06 bits per heavy atom. The Hall–Kier alpha value is -1.52. The van der Waals surface area contributed by atoms with Crippen molar-refractivity contribution in [2.75, 3.05) is 5.73 Å². The minimum atomic E-state index is -3.39. The van der Waals surface area contributed by atoms with Gasteiger partial charge in [-0.25, -0.2) is 8.42 Å². The molecule has 0 aliphatic rings. The zero-order valence-electron chi connectivity index (χ0n) is 9.51. The number of rotatable bonds is 3. The van der Waals surface area contributed by atoms with E-state index in [1.165, 1.54) is 0 Å². The molecule has 0 radical (unpaired) electrons. The fraction of sp³-hybridized carbons (Fsp3) is 0.0769. The molecule has 0 atom stereocenters. The fourth-order valence-electron chi connectivity index (χ4n) is 1.62. The van der Waals surface area contributed by atoms with Crippen LogP contribution < -0.4 is 5.73 Å². The quantitative estimate of drug-likeness (QED) is 0.880. The molecule has 0 aliphatic carbocycles. The second-order valence-electron chi connectivity index (χ2n) is 3.92. The number of hydrogen-bond acceptors (Lipinski definition) is 3. The van der Waals surface area contributed by atoms with E-state index in [1.807, 2.05) is 0 Å². The molecule has 2 aromatic rings. The van der Waals surface area contributed by atoms with Crippen LogP contribution in [0.15, 0.2) is 53.4 Å². The Morgan fingerprint density at radius 3 is 2.39 bits per heavy atom. The van der Waals surface area contributed by atoms with Gasteiger partial charge in [0.05, 0.1) is 10.6 Å². The minimum absolute atomic E-state index is 0.149. The van der Waals surface area contributed by atoms with E-state index >= 15 is 0 Å². The lowest BCUT2D eigenvalue weighted by atomic mass is 10.2. The Morgan fingerprint density at radius 2 is 1.72 bits per heavy atom. The molecule has 2 rings (SSSR count). The predicted molar refractivity (Wildman–Crippen MR) is 73.2 cm³/mol. The zero-order valence-corrected chi connectivity index (χ0v) is 11.1. The SMILES string of the molecule is Nc1ccc(Cl)cc1CS(=O)(=O)c1ccccc1.